The number of hydrogen-bond acceptors (Lipinski definition) is 3. The van der Waals surface area contributed by atoms with Crippen LogP contribution in [0.4, 0.5) is 4.39 Å². The van der Waals surface area contributed by atoms with E-state index in [1.165, 1.54) is 17.4 Å². The molecule has 0 aliphatic rings. The van der Waals surface area contributed by atoms with Crippen LogP contribution in [0.15, 0.2) is 37.9 Å². The molecule has 1 aromatic carbocycles. The molecule has 2 heterocycles. The summed E-state index contributed by atoms with van der Waals surface area (Å²) >= 11 is 4.80. The van der Waals surface area contributed by atoms with Crippen molar-refractivity contribution < 1.29 is 8.81 Å². The third-order valence-electron chi connectivity index (χ3n) is 3.18. The summed E-state index contributed by atoms with van der Waals surface area (Å²) in [6.45, 7) is 3.57. The van der Waals surface area contributed by atoms with Crippen molar-refractivity contribution in [2.75, 3.05) is 0 Å². The van der Waals surface area contributed by atoms with E-state index < -0.39 is 5.82 Å². The first-order chi connectivity index (χ1) is 9.50. The summed E-state index contributed by atoms with van der Waals surface area (Å²) in [5.41, 5.74) is 1.11. The maximum Gasteiger partial charge on any atom is 0.206 e. The van der Waals surface area contributed by atoms with Gasteiger partial charge in [0.15, 0.2) is 5.58 Å². The Bertz CT molecular complexity index is 879. The second-order valence-corrected chi connectivity index (χ2v) is 6.51. The monoisotopic (exact) mass is 352 g/mol. The minimum atomic E-state index is -0.402. The van der Waals surface area contributed by atoms with Crippen LogP contribution in [0.25, 0.3) is 21.6 Å². The van der Waals surface area contributed by atoms with Crippen LogP contribution >= 0.6 is 27.3 Å². The van der Waals surface area contributed by atoms with Crippen LogP contribution in [0.5, 0.6) is 0 Å². The van der Waals surface area contributed by atoms with Crippen LogP contribution in [-0.2, 0) is 0 Å². The molecule has 0 atom stereocenters. The van der Waals surface area contributed by atoms with E-state index in [4.69, 9.17) is 4.42 Å². The zero-order valence-electron chi connectivity index (χ0n) is 10.8. The van der Waals surface area contributed by atoms with E-state index in [0.29, 0.717) is 27.2 Å². The van der Waals surface area contributed by atoms with Gasteiger partial charge in [-0.1, -0.05) is 12.1 Å². The summed E-state index contributed by atoms with van der Waals surface area (Å²) in [5.74, 6) is -0.111. The predicted molar refractivity (Wildman–Crippen MR) is 82.9 cm³/mol. The first kappa shape index (κ1) is 13.5. The number of thiophene rings is 1. The van der Waals surface area contributed by atoms with Gasteiger partial charge in [0.2, 0.25) is 5.43 Å². The first-order valence-electron chi connectivity index (χ1n) is 5.98. The fourth-order valence-electron chi connectivity index (χ4n) is 2.10. The molecule has 0 aliphatic carbocycles. The lowest BCUT2D eigenvalue weighted by atomic mass is 10.1. The van der Waals surface area contributed by atoms with Gasteiger partial charge in [-0.3, -0.25) is 4.79 Å². The van der Waals surface area contributed by atoms with Crippen molar-refractivity contribution in [3.63, 3.8) is 0 Å². The average Bonchev–Trinajstić information content (AvgIpc) is 2.71. The van der Waals surface area contributed by atoms with Crippen molar-refractivity contribution in [1.82, 2.24) is 0 Å². The second kappa shape index (κ2) is 4.82. The Morgan fingerprint density at radius 3 is 2.65 bits per heavy atom. The summed E-state index contributed by atoms with van der Waals surface area (Å²) < 4.78 is 21.1. The zero-order chi connectivity index (χ0) is 14.4. The normalized spacial score (nSPS) is 11.2. The lowest BCUT2D eigenvalue weighted by Crippen LogP contribution is -2.06. The van der Waals surface area contributed by atoms with Gasteiger partial charge in [0, 0.05) is 10.4 Å². The molecule has 102 valence electrons. The van der Waals surface area contributed by atoms with Gasteiger partial charge in [-0.15, -0.1) is 11.3 Å². The molecule has 0 aliphatic heterocycles. The third-order valence-corrected chi connectivity index (χ3v) is 5.48. The molecule has 3 aromatic rings. The molecule has 0 radical (unpaired) electrons. The fraction of sp³-hybridized carbons (Fsp3) is 0.133. The molecule has 0 amide bonds. The highest BCUT2D eigenvalue weighted by molar-refractivity contribution is 9.10. The topological polar surface area (TPSA) is 30.2 Å². The predicted octanol–water partition coefficient (Wildman–Crippen LogP) is 5.04. The summed E-state index contributed by atoms with van der Waals surface area (Å²) in [6, 6.07) is 6.29. The van der Waals surface area contributed by atoms with Gasteiger partial charge in [-0.2, -0.15) is 0 Å². The Labute approximate surface area is 127 Å². The molecule has 3 rings (SSSR count). The highest BCUT2D eigenvalue weighted by Gasteiger charge is 2.19. The molecule has 0 unspecified atom stereocenters. The van der Waals surface area contributed by atoms with Gasteiger partial charge in [0.25, 0.3) is 0 Å². The van der Waals surface area contributed by atoms with Crippen molar-refractivity contribution >= 4 is 37.5 Å². The fourth-order valence-corrected chi connectivity index (χ4v) is 3.72. The van der Waals surface area contributed by atoms with E-state index in [1.807, 2.05) is 6.92 Å². The van der Waals surface area contributed by atoms with E-state index in [2.05, 4.69) is 15.9 Å². The summed E-state index contributed by atoms with van der Waals surface area (Å²) in [6.07, 6.45) is 0. The maximum atomic E-state index is 13.9. The molecule has 0 fully saturated rings. The Kier molecular flexibility index (Phi) is 3.26. The zero-order valence-corrected chi connectivity index (χ0v) is 13.2. The minimum Gasteiger partial charge on any atom is -0.453 e. The number of fused-ring (bicyclic) bond motifs is 1. The van der Waals surface area contributed by atoms with Crippen LogP contribution in [-0.4, -0.2) is 0 Å². The lowest BCUT2D eigenvalue weighted by molar-refractivity contribution is 0.590. The Morgan fingerprint density at radius 2 is 1.95 bits per heavy atom. The molecular formula is C15H10BrFO2S. The minimum absolute atomic E-state index is 0.108. The van der Waals surface area contributed by atoms with E-state index >= 15 is 0 Å². The number of hydrogen-bond donors (Lipinski definition) is 0. The van der Waals surface area contributed by atoms with E-state index in [9.17, 15) is 9.18 Å². The molecule has 0 N–H and O–H groups in total. The van der Waals surface area contributed by atoms with Gasteiger partial charge >= 0.3 is 0 Å². The van der Waals surface area contributed by atoms with Gasteiger partial charge in [-0.05, 0) is 41.9 Å². The molecule has 0 saturated carbocycles. The molecule has 0 spiro atoms. The van der Waals surface area contributed by atoms with Gasteiger partial charge < -0.3 is 4.42 Å². The molecule has 2 nitrogen and oxygen atoms in total. The first-order valence-corrected chi connectivity index (χ1v) is 7.59. The molecule has 2 aromatic heterocycles. The Balaban J connectivity index is 2.44. The Hall–Kier alpha value is -1.46. The van der Waals surface area contributed by atoms with Crippen molar-refractivity contribution in [2.45, 2.75) is 13.8 Å². The van der Waals surface area contributed by atoms with Crippen molar-refractivity contribution in [2.24, 2.45) is 0 Å². The summed E-state index contributed by atoms with van der Waals surface area (Å²) in [5, 5.41) is 0. The molecular weight excluding hydrogens is 343 g/mol. The lowest BCUT2D eigenvalue weighted by Gasteiger charge is -2.06. The van der Waals surface area contributed by atoms with Gasteiger partial charge in [-0.25, -0.2) is 4.39 Å². The SMILES string of the molecule is Cc1sc2c(=O)c(C)c(-c3ccccc3F)oc2c1Br. The third kappa shape index (κ3) is 1.93. The Morgan fingerprint density at radius 1 is 1.25 bits per heavy atom. The molecule has 5 heteroatoms. The van der Waals surface area contributed by atoms with Crippen LogP contribution in [0.2, 0.25) is 0 Å². The second-order valence-electron chi connectivity index (χ2n) is 4.50. The molecule has 0 saturated heterocycles. The molecule has 20 heavy (non-hydrogen) atoms. The highest BCUT2D eigenvalue weighted by Crippen LogP contribution is 2.36. The number of rotatable bonds is 1. The smallest absolute Gasteiger partial charge is 0.206 e. The number of aryl methyl sites for hydroxylation is 1. The number of benzene rings is 1. The molecule has 0 bridgehead atoms. The van der Waals surface area contributed by atoms with E-state index in [-0.39, 0.29) is 5.43 Å². The van der Waals surface area contributed by atoms with Crippen molar-refractivity contribution in [3.8, 4) is 11.3 Å². The van der Waals surface area contributed by atoms with Crippen LogP contribution in [0.3, 0.4) is 0 Å². The average molecular weight is 353 g/mol. The highest BCUT2D eigenvalue weighted by atomic mass is 79.9. The van der Waals surface area contributed by atoms with Crippen LogP contribution < -0.4 is 5.43 Å². The van der Waals surface area contributed by atoms with Gasteiger partial charge in [0.05, 0.1) is 10.0 Å². The van der Waals surface area contributed by atoms with Gasteiger partial charge in [0.1, 0.15) is 16.3 Å². The van der Waals surface area contributed by atoms with Crippen molar-refractivity contribution in [1.29, 1.82) is 0 Å². The standard InChI is InChI=1S/C15H10BrFO2S/c1-7-12(18)15-14(11(16)8(2)20-15)19-13(7)9-5-3-4-6-10(9)17/h3-6H,1-2H3. The summed E-state index contributed by atoms with van der Waals surface area (Å²) in [4.78, 5) is 13.4. The van der Waals surface area contributed by atoms with Crippen LogP contribution in [0.1, 0.15) is 10.4 Å². The summed E-state index contributed by atoms with van der Waals surface area (Å²) in [7, 11) is 0. The number of halogens is 2. The maximum absolute atomic E-state index is 13.9. The van der Waals surface area contributed by atoms with Crippen molar-refractivity contribution in [3.05, 3.63) is 55.2 Å². The van der Waals surface area contributed by atoms with Crippen LogP contribution in [0, 0.1) is 19.7 Å². The largest absolute Gasteiger partial charge is 0.453 e. The quantitative estimate of drug-likeness (QED) is 0.614. The van der Waals surface area contributed by atoms with E-state index in [0.717, 1.165) is 9.35 Å². The van der Waals surface area contributed by atoms with E-state index in [1.54, 1.807) is 25.1 Å².